The third-order valence-corrected chi connectivity index (χ3v) is 4.29. The van der Waals surface area contributed by atoms with Gasteiger partial charge in [-0.1, -0.05) is 24.3 Å². The number of carbonyl (C=O) groups excluding carboxylic acids is 2. The number of nitro benzene ring substituents is 1. The predicted molar refractivity (Wildman–Crippen MR) is 99.3 cm³/mol. The van der Waals surface area contributed by atoms with Crippen LogP contribution in [0.5, 0.6) is 0 Å². The number of nitrogens with one attached hydrogen (secondary N) is 1. The Kier molecular flexibility index (Phi) is 6.60. The normalized spacial score (nSPS) is 10.4. The summed E-state index contributed by atoms with van der Waals surface area (Å²) in [5.41, 5.74) is 3.77. The van der Waals surface area contributed by atoms with Gasteiger partial charge in [0.2, 0.25) is 5.91 Å². The van der Waals surface area contributed by atoms with Crippen LogP contribution in [0.15, 0.2) is 42.5 Å². The van der Waals surface area contributed by atoms with Crippen molar-refractivity contribution in [2.45, 2.75) is 33.1 Å². The van der Waals surface area contributed by atoms with Crippen LogP contribution in [0.2, 0.25) is 0 Å². The van der Waals surface area contributed by atoms with Gasteiger partial charge in [0.1, 0.15) is 0 Å². The monoisotopic (exact) mass is 354 g/mol. The lowest BCUT2D eigenvalue weighted by Gasteiger charge is -2.06. The molecule has 0 bridgehead atoms. The van der Waals surface area contributed by atoms with Gasteiger partial charge < -0.3 is 5.32 Å². The summed E-state index contributed by atoms with van der Waals surface area (Å²) in [5, 5.41) is 13.4. The zero-order valence-corrected chi connectivity index (χ0v) is 15.0. The maximum absolute atomic E-state index is 12.2. The van der Waals surface area contributed by atoms with E-state index in [0.717, 1.165) is 16.7 Å². The number of hydrogen-bond acceptors (Lipinski definition) is 4. The second kappa shape index (κ2) is 8.89. The molecule has 136 valence electrons. The van der Waals surface area contributed by atoms with E-state index in [1.165, 1.54) is 12.1 Å². The molecule has 1 N–H and O–H groups in total. The average molecular weight is 354 g/mol. The van der Waals surface area contributed by atoms with Gasteiger partial charge in [-0.3, -0.25) is 19.7 Å². The van der Waals surface area contributed by atoms with Gasteiger partial charge >= 0.3 is 0 Å². The molecule has 0 unspecified atom stereocenters. The van der Waals surface area contributed by atoms with Crippen molar-refractivity contribution >= 4 is 17.4 Å². The Morgan fingerprint density at radius 1 is 1.00 bits per heavy atom. The Morgan fingerprint density at radius 2 is 1.69 bits per heavy atom. The van der Waals surface area contributed by atoms with Gasteiger partial charge in [0.25, 0.3) is 5.69 Å². The Labute approximate surface area is 152 Å². The van der Waals surface area contributed by atoms with E-state index in [9.17, 15) is 19.7 Å². The van der Waals surface area contributed by atoms with Crippen LogP contribution in [-0.2, 0) is 11.2 Å². The molecule has 26 heavy (non-hydrogen) atoms. The molecule has 0 aliphatic heterocycles. The zero-order valence-electron chi connectivity index (χ0n) is 15.0. The highest BCUT2D eigenvalue weighted by molar-refractivity contribution is 5.98. The molecule has 2 rings (SSSR count). The summed E-state index contributed by atoms with van der Waals surface area (Å²) in [6.45, 7) is 4.37. The highest BCUT2D eigenvalue weighted by atomic mass is 16.6. The van der Waals surface area contributed by atoms with Gasteiger partial charge in [-0.15, -0.1) is 0 Å². The van der Waals surface area contributed by atoms with Gasteiger partial charge in [0, 0.05) is 37.1 Å². The lowest BCUT2D eigenvalue weighted by atomic mass is 10.0. The van der Waals surface area contributed by atoms with Crippen LogP contribution < -0.4 is 5.32 Å². The van der Waals surface area contributed by atoms with Crippen LogP contribution in [0, 0.1) is 24.0 Å². The molecular weight excluding hydrogens is 332 g/mol. The van der Waals surface area contributed by atoms with Crippen LogP contribution in [0.4, 0.5) is 5.69 Å². The van der Waals surface area contributed by atoms with Crippen LogP contribution in [0.1, 0.15) is 39.9 Å². The molecule has 0 spiro atoms. The van der Waals surface area contributed by atoms with E-state index in [4.69, 9.17) is 0 Å². The van der Waals surface area contributed by atoms with E-state index in [2.05, 4.69) is 5.32 Å². The van der Waals surface area contributed by atoms with E-state index >= 15 is 0 Å². The fraction of sp³-hybridized carbons (Fsp3) is 0.300. The molecule has 0 saturated heterocycles. The maximum atomic E-state index is 12.2. The first-order valence-electron chi connectivity index (χ1n) is 8.47. The zero-order chi connectivity index (χ0) is 19.1. The Bertz CT molecular complexity index is 813. The van der Waals surface area contributed by atoms with Gasteiger partial charge in [0.05, 0.1) is 4.92 Å². The molecule has 6 nitrogen and oxygen atoms in total. The van der Waals surface area contributed by atoms with E-state index in [1.54, 1.807) is 18.2 Å². The summed E-state index contributed by atoms with van der Waals surface area (Å²) < 4.78 is 0. The maximum Gasteiger partial charge on any atom is 0.269 e. The molecule has 0 fully saturated rings. The number of nitrogens with zero attached hydrogens (tertiary/aromatic N) is 1. The third-order valence-electron chi connectivity index (χ3n) is 4.29. The van der Waals surface area contributed by atoms with Gasteiger partial charge in [0.15, 0.2) is 5.78 Å². The molecule has 0 saturated carbocycles. The van der Waals surface area contributed by atoms with Gasteiger partial charge in [-0.25, -0.2) is 0 Å². The number of amides is 1. The van der Waals surface area contributed by atoms with Crippen molar-refractivity contribution in [1.82, 2.24) is 5.32 Å². The molecule has 0 heterocycles. The van der Waals surface area contributed by atoms with Crippen LogP contribution in [0.3, 0.4) is 0 Å². The fourth-order valence-electron chi connectivity index (χ4n) is 2.51. The lowest BCUT2D eigenvalue weighted by Crippen LogP contribution is -2.26. The van der Waals surface area contributed by atoms with Gasteiger partial charge in [-0.05, 0) is 43.0 Å². The van der Waals surface area contributed by atoms with Crippen LogP contribution in [0.25, 0.3) is 0 Å². The molecule has 0 aromatic heterocycles. The van der Waals surface area contributed by atoms with Crippen molar-refractivity contribution in [2.24, 2.45) is 0 Å². The smallest absolute Gasteiger partial charge is 0.269 e. The lowest BCUT2D eigenvalue weighted by molar-refractivity contribution is -0.384. The van der Waals surface area contributed by atoms with E-state index in [-0.39, 0.29) is 30.2 Å². The van der Waals surface area contributed by atoms with Crippen molar-refractivity contribution in [3.63, 3.8) is 0 Å². The van der Waals surface area contributed by atoms with Crippen molar-refractivity contribution in [3.8, 4) is 0 Å². The number of non-ortho nitro benzene ring substituents is 1. The molecular formula is C20H22N2O4. The minimum absolute atomic E-state index is 0.0429. The van der Waals surface area contributed by atoms with Crippen LogP contribution >= 0.6 is 0 Å². The number of rotatable bonds is 8. The van der Waals surface area contributed by atoms with Crippen molar-refractivity contribution < 1.29 is 14.5 Å². The number of Topliss-reactive ketones (excluding diaryl/α,β-unsaturated/α-hetero) is 1. The van der Waals surface area contributed by atoms with Crippen molar-refractivity contribution in [1.29, 1.82) is 0 Å². The Hall–Kier alpha value is -3.02. The highest BCUT2D eigenvalue weighted by Crippen LogP contribution is 2.13. The SMILES string of the molecule is Cc1ccc(C(=O)CCC(=O)NCCc2ccc([N+](=O)[O-])cc2)cc1C. The predicted octanol–water partition coefficient (Wildman–Crippen LogP) is 3.53. The number of ketones is 1. The summed E-state index contributed by atoms with van der Waals surface area (Å²) in [6.07, 6.45) is 0.896. The summed E-state index contributed by atoms with van der Waals surface area (Å²) in [6, 6.07) is 11.8. The number of aryl methyl sites for hydroxylation is 2. The second-order valence-corrected chi connectivity index (χ2v) is 6.25. The number of nitro groups is 1. The highest BCUT2D eigenvalue weighted by Gasteiger charge is 2.10. The van der Waals surface area contributed by atoms with Crippen molar-refractivity contribution in [3.05, 3.63) is 74.8 Å². The molecule has 0 aliphatic rings. The first-order valence-corrected chi connectivity index (χ1v) is 8.47. The molecule has 1 amide bonds. The summed E-state index contributed by atoms with van der Waals surface area (Å²) in [5.74, 6) is -0.220. The molecule has 2 aromatic carbocycles. The fourth-order valence-corrected chi connectivity index (χ4v) is 2.51. The second-order valence-electron chi connectivity index (χ2n) is 6.25. The number of carbonyl (C=O) groups is 2. The first kappa shape index (κ1) is 19.3. The Morgan fingerprint density at radius 3 is 2.31 bits per heavy atom. The molecule has 6 heteroatoms. The summed E-state index contributed by atoms with van der Waals surface area (Å²) in [4.78, 5) is 34.2. The van der Waals surface area contributed by atoms with E-state index < -0.39 is 4.92 Å². The Balaban J connectivity index is 1.73. The minimum atomic E-state index is -0.446. The summed E-state index contributed by atoms with van der Waals surface area (Å²) >= 11 is 0. The average Bonchev–Trinajstić information content (AvgIpc) is 2.62. The molecule has 0 aliphatic carbocycles. The first-order chi connectivity index (χ1) is 12.4. The van der Waals surface area contributed by atoms with E-state index in [0.29, 0.717) is 18.5 Å². The largest absolute Gasteiger partial charge is 0.356 e. The standard InChI is InChI=1S/C20H22N2O4/c1-14-3-6-17(13-15(14)2)19(23)9-10-20(24)21-12-11-16-4-7-18(8-5-16)22(25)26/h3-8,13H,9-12H2,1-2H3,(H,21,24). The number of hydrogen-bond donors (Lipinski definition) is 1. The topological polar surface area (TPSA) is 89.3 Å². The molecule has 0 radical (unpaired) electrons. The molecule has 0 atom stereocenters. The van der Waals surface area contributed by atoms with Crippen LogP contribution in [-0.4, -0.2) is 23.2 Å². The molecule has 2 aromatic rings. The van der Waals surface area contributed by atoms with Crippen molar-refractivity contribution in [2.75, 3.05) is 6.54 Å². The number of benzene rings is 2. The quantitative estimate of drug-likeness (QED) is 0.446. The third kappa shape index (κ3) is 5.51. The van der Waals surface area contributed by atoms with E-state index in [1.807, 2.05) is 26.0 Å². The summed E-state index contributed by atoms with van der Waals surface area (Å²) in [7, 11) is 0. The minimum Gasteiger partial charge on any atom is -0.356 e. The van der Waals surface area contributed by atoms with Gasteiger partial charge in [-0.2, -0.15) is 0 Å².